The van der Waals surface area contributed by atoms with Gasteiger partial charge in [0.2, 0.25) is 0 Å². The van der Waals surface area contributed by atoms with Crippen LogP contribution < -0.4 is 0 Å². The molecule has 0 aliphatic rings. The number of carbonyl (C=O) groups is 3. The van der Waals surface area contributed by atoms with E-state index in [0.29, 0.717) is 19.3 Å². The average molecular weight is 1070 g/mol. The van der Waals surface area contributed by atoms with E-state index in [1.54, 1.807) is 0 Å². The topological polar surface area (TPSA) is 78.9 Å². The molecule has 452 valence electrons. The first-order valence-electron chi connectivity index (χ1n) is 35.0. The Balaban J connectivity index is 4.12. The van der Waals surface area contributed by atoms with Crippen molar-refractivity contribution in [3.05, 3.63) is 0 Å². The van der Waals surface area contributed by atoms with Crippen molar-refractivity contribution in [3.63, 3.8) is 0 Å². The van der Waals surface area contributed by atoms with Crippen LogP contribution in [-0.4, -0.2) is 37.2 Å². The third-order valence-corrected chi connectivity index (χ3v) is 16.4. The van der Waals surface area contributed by atoms with Crippen molar-refractivity contribution in [3.8, 4) is 0 Å². The number of hydrogen-bond donors (Lipinski definition) is 0. The number of esters is 3. The van der Waals surface area contributed by atoms with Gasteiger partial charge in [0.15, 0.2) is 6.10 Å². The van der Waals surface area contributed by atoms with Crippen molar-refractivity contribution in [2.45, 2.75) is 419 Å². The molecule has 0 bridgehead atoms. The molecule has 76 heavy (non-hydrogen) atoms. The second-order valence-electron chi connectivity index (χ2n) is 24.2. The Labute approximate surface area is 476 Å². The lowest BCUT2D eigenvalue weighted by Gasteiger charge is -2.18. The summed E-state index contributed by atoms with van der Waals surface area (Å²) in [7, 11) is 0. The van der Waals surface area contributed by atoms with Crippen LogP contribution in [0.15, 0.2) is 0 Å². The van der Waals surface area contributed by atoms with Crippen molar-refractivity contribution < 1.29 is 28.6 Å². The summed E-state index contributed by atoms with van der Waals surface area (Å²) in [4.78, 5) is 38.3. The van der Waals surface area contributed by atoms with E-state index < -0.39 is 6.10 Å². The lowest BCUT2D eigenvalue weighted by Crippen LogP contribution is -2.30. The van der Waals surface area contributed by atoms with E-state index in [1.165, 1.54) is 315 Å². The Kier molecular flexibility index (Phi) is 64.5. The summed E-state index contributed by atoms with van der Waals surface area (Å²) >= 11 is 0. The highest BCUT2D eigenvalue weighted by Crippen LogP contribution is 2.19. The highest BCUT2D eigenvalue weighted by Gasteiger charge is 2.19. The van der Waals surface area contributed by atoms with Gasteiger partial charge in [-0.2, -0.15) is 0 Å². The maximum absolute atomic E-state index is 12.9. The Bertz CT molecular complexity index is 1140. The molecule has 0 aromatic heterocycles. The maximum Gasteiger partial charge on any atom is 0.306 e. The quantitative estimate of drug-likeness (QED) is 0.0343. The van der Waals surface area contributed by atoms with Gasteiger partial charge in [0.05, 0.1) is 0 Å². The van der Waals surface area contributed by atoms with Gasteiger partial charge in [0, 0.05) is 19.3 Å². The van der Waals surface area contributed by atoms with E-state index in [2.05, 4.69) is 20.8 Å². The van der Waals surface area contributed by atoms with E-state index in [0.717, 1.165) is 57.8 Å². The highest BCUT2D eigenvalue weighted by atomic mass is 16.6. The molecule has 1 atom stereocenters. The molecule has 0 aliphatic carbocycles. The average Bonchev–Trinajstić information content (AvgIpc) is 3.42. The molecule has 0 aromatic rings. The van der Waals surface area contributed by atoms with Gasteiger partial charge in [0.25, 0.3) is 0 Å². The van der Waals surface area contributed by atoms with Gasteiger partial charge >= 0.3 is 17.9 Å². The first-order valence-corrected chi connectivity index (χ1v) is 35.0. The van der Waals surface area contributed by atoms with Crippen molar-refractivity contribution in [2.24, 2.45) is 0 Å². The minimum Gasteiger partial charge on any atom is -0.462 e. The molecule has 0 saturated heterocycles. The fourth-order valence-corrected chi connectivity index (χ4v) is 11.1. The molecular weight excluding hydrogens is 937 g/mol. The number of ether oxygens (including phenoxy) is 3. The lowest BCUT2D eigenvalue weighted by atomic mass is 10.0. The minimum absolute atomic E-state index is 0.0605. The molecule has 0 N–H and O–H groups in total. The summed E-state index contributed by atoms with van der Waals surface area (Å²) in [6, 6.07) is 0. The van der Waals surface area contributed by atoms with Crippen LogP contribution in [0.2, 0.25) is 0 Å². The zero-order chi connectivity index (χ0) is 55.0. The zero-order valence-electron chi connectivity index (χ0n) is 52.1. The van der Waals surface area contributed by atoms with Crippen molar-refractivity contribution in [2.75, 3.05) is 13.2 Å². The van der Waals surface area contributed by atoms with Crippen LogP contribution in [0.5, 0.6) is 0 Å². The predicted molar refractivity (Wildman–Crippen MR) is 330 cm³/mol. The minimum atomic E-state index is -0.762. The summed E-state index contributed by atoms with van der Waals surface area (Å²) in [5.74, 6) is -0.824. The molecule has 0 heterocycles. The van der Waals surface area contributed by atoms with Crippen molar-refractivity contribution >= 4 is 17.9 Å². The number of hydrogen-bond acceptors (Lipinski definition) is 6. The molecule has 0 aromatic carbocycles. The van der Waals surface area contributed by atoms with Gasteiger partial charge < -0.3 is 14.2 Å². The van der Waals surface area contributed by atoms with Crippen LogP contribution in [0.3, 0.4) is 0 Å². The van der Waals surface area contributed by atoms with Gasteiger partial charge in [-0.15, -0.1) is 0 Å². The summed E-state index contributed by atoms with van der Waals surface area (Å²) in [6.45, 7) is 6.73. The van der Waals surface area contributed by atoms with Gasteiger partial charge in [-0.05, 0) is 19.3 Å². The second kappa shape index (κ2) is 65.9. The van der Waals surface area contributed by atoms with E-state index in [4.69, 9.17) is 14.2 Å². The highest BCUT2D eigenvalue weighted by molar-refractivity contribution is 5.71. The van der Waals surface area contributed by atoms with Crippen LogP contribution in [-0.2, 0) is 28.6 Å². The van der Waals surface area contributed by atoms with Crippen molar-refractivity contribution in [1.29, 1.82) is 0 Å². The molecule has 0 amide bonds. The summed E-state index contributed by atoms with van der Waals surface area (Å²) in [5.41, 5.74) is 0. The Hall–Kier alpha value is -1.59. The van der Waals surface area contributed by atoms with Crippen LogP contribution in [0.4, 0.5) is 0 Å². The molecule has 0 fully saturated rings. The van der Waals surface area contributed by atoms with E-state index in [9.17, 15) is 14.4 Å². The van der Waals surface area contributed by atoms with Crippen LogP contribution in [0.25, 0.3) is 0 Å². The van der Waals surface area contributed by atoms with Gasteiger partial charge in [-0.25, -0.2) is 0 Å². The molecule has 0 saturated carbocycles. The predicted octanol–water partition coefficient (Wildman–Crippen LogP) is 23.8. The molecule has 0 rings (SSSR count). The van der Waals surface area contributed by atoms with E-state index in [1.807, 2.05) is 0 Å². The Morgan fingerprint density at radius 3 is 0.526 bits per heavy atom. The molecule has 6 heteroatoms. The lowest BCUT2D eigenvalue weighted by molar-refractivity contribution is -0.167. The largest absolute Gasteiger partial charge is 0.462 e. The number of unbranched alkanes of at least 4 members (excludes halogenated alkanes) is 55. The van der Waals surface area contributed by atoms with Crippen LogP contribution >= 0.6 is 0 Å². The molecular formula is C70H136O6. The normalized spacial score (nSPS) is 11.9. The molecule has 1 unspecified atom stereocenters. The van der Waals surface area contributed by atoms with Gasteiger partial charge in [-0.3, -0.25) is 14.4 Å². The van der Waals surface area contributed by atoms with Gasteiger partial charge in [0.1, 0.15) is 13.2 Å². The summed E-state index contributed by atoms with van der Waals surface area (Å²) in [5, 5.41) is 0. The molecule has 0 radical (unpaired) electrons. The fraction of sp³-hybridized carbons (Fsp3) is 0.957. The Morgan fingerprint density at radius 2 is 0.355 bits per heavy atom. The second-order valence-corrected chi connectivity index (χ2v) is 24.2. The Morgan fingerprint density at radius 1 is 0.211 bits per heavy atom. The van der Waals surface area contributed by atoms with E-state index >= 15 is 0 Å². The van der Waals surface area contributed by atoms with Crippen LogP contribution in [0.1, 0.15) is 412 Å². The summed E-state index contributed by atoms with van der Waals surface area (Å²) < 4.78 is 17.0. The third kappa shape index (κ3) is 63.2. The first kappa shape index (κ1) is 74.4. The molecule has 6 nitrogen and oxygen atoms in total. The van der Waals surface area contributed by atoms with Crippen molar-refractivity contribution in [1.82, 2.24) is 0 Å². The molecule has 0 spiro atoms. The SMILES string of the molecule is CCCCCCCCCCCCCCCCCCCCCCCCCCCCCC(=O)OCC(COC(=O)CCCCCCCCCCCCC)OC(=O)CCCCCCCCCCCCCCCCCCCCCC. The maximum atomic E-state index is 12.9. The number of carbonyl (C=O) groups excluding carboxylic acids is 3. The standard InChI is InChI=1S/C70H136O6/c1-4-7-10-13-16-19-22-24-26-28-30-32-33-34-35-36-37-38-40-41-43-45-48-51-54-57-60-63-69(72)75-66-67(65-74-68(71)62-59-56-53-50-47-21-18-15-12-9-6-3)76-70(73)64-61-58-55-52-49-46-44-42-39-31-29-27-25-23-20-17-14-11-8-5-2/h67H,4-66H2,1-3H3. The fourth-order valence-electron chi connectivity index (χ4n) is 11.1. The van der Waals surface area contributed by atoms with E-state index in [-0.39, 0.29) is 31.1 Å². The monoisotopic (exact) mass is 1070 g/mol. The third-order valence-electron chi connectivity index (χ3n) is 16.4. The summed E-state index contributed by atoms with van der Waals surface area (Å²) in [6.07, 6.45) is 77.1. The van der Waals surface area contributed by atoms with Crippen LogP contribution in [0, 0.1) is 0 Å². The first-order chi connectivity index (χ1) is 37.5. The number of rotatable bonds is 66. The zero-order valence-corrected chi connectivity index (χ0v) is 52.1. The van der Waals surface area contributed by atoms with Gasteiger partial charge in [-0.1, -0.05) is 374 Å². The molecule has 0 aliphatic heterocycles. The smallest absolute Gasteiger partial charge is 0.306 e.